The molecule has 4 rings (SSSR count). The lowest BCUT2D eigenvalue weighted by Crippen LogP contribution is -2.29. The molecule has 1 N–H and O–H groups in total. The molecule has 0 bridgehead atoms. The van der Waals surface area contributed by atoms with E-state index in [9.17, 15) is 9.59 Å². The Kier molecular flexibility index (Phi) is 2.66. The Morgan fingerprint density at radius 3 is 2.64 bits per heavy atom. The van der Waals surface area contributed by atoms with Crippen LogP contribution in [0.3, 0.4) is 0 Å². The molecule has 2 heterocycles. The number of benzene rings is 2. The number of hydrogen-bond donors (Lipinski definition) is 1. The van der Waals surface area contributed by atoms with Crippen LogP contribution < -0.4 is 4.90 Å². The van der Waals surface area contributed by atoms with Crippen LogP contribution in [0, 0.1) is 0 Å². The number of fused-ring (bicyclic) bond motifs is 2. The van der Waals surface area contributed by atoms with Crippen LogP contribution in [0.25, 0.3) is 10.9 Å². The molecule has 4 heteroatoms. The van der Waals surface area contributed by atoms with E-state index < -0.39 is 0 Å². The third-order valence-electron chi connectivity index (χ3n) is 4.19. The zero-order valence-electron chi connectivity index (χ0n) is 12.1. The molecule has 0 aliphatic carbocycles. The van der Waals surface area contributed by atoms with Gasteiger partial charge < -0.3 is 4.98 Å². The smallest absolute Gasteiger partial charge is 0.266 e. The fourth-order valence-electron chi connectivity index (χ4n) is 3.11. The predicted molar refractivity (Wildman–Crippen MR) is 85.3 cm³/mol. The van der Waals surface area contributed by atoms with Crippen LogP contribution in [0.1, 0.15) is 33.2 Å². The topological polar surface area (TPSA) is 53.2 Å². The SMILES string of the molecule is CCc1cccc2c1C(=O)N(c1c[nH]c3ccccc13)C2=O. The molecule has 2 aromatic carbocycles. The molecule has 22 heavy (non-hydrogen) atoms. The molecule has 3 aromatic rings. The van der Waals surface area contributed by atoms with Crippen molar-refractivity contribution < 1.29 is 9.59 Å². The van der Waals surface area contributed by atoms with Gasteiger partial charge in [0.05, 0.1) is 16.8 Å². The molecule has 0 atom stereocenters. The molecule has 0 fully saturated rings. The van der Waals surface area contributed by atoms with Crippen LogP contribution in [0.5, 0.6) is 0 Å². The number of hydrogen-bond acceptors (Lipinski definition) is 2. The summed E-state index contributed by atoms with van der Waals surface area (Å²) in [6, 6.07) is 13.1. The monoisotopic (exact) mass is 290 g/mol. The maximum absolute atomic E-state index is 12.8. The number of aromatic amines is 1. The van der Waals surface area contributed by atoms with Crippen LogP contribution in [0.15, 0.2) is 48.7 Å². The highest BCUT2D eigenvalue weighted by Crippen LogP contribution is 2.34. The second-order valence-corrected chi connectivity index (χ2v) is 5.36. The summed E-state index contributed by atoms with van der Waals surface area (Å²) in [5.74, 6) is -0.484. The summed E-state index contributed by atoms with van der Waals surface area (Å²) in [4.78, 5) is 29.9. The molecule has 0 unspecified atom stereocenters. The normalized spacial score (nSPS) is 14.0. The lowest BCUT2D eigenvalue weighted by atomic mass is 10.0. The fourth-order valence-corrected chi connectivity index (χ4v) is 3.11. The number of H-pyrrole nitrogens is 1. The molecular formula is C18H14N2O2. The van der Waals surface area contributed by atoms with Gasteiger partial charge in [0, 0.05) is 17.1 Å². The predicted octanol–water partition coefficient (Wildman–Crippen LogP) is 3.53. The minimum atomic E-state index is -0.250. The van der Waals surface area contributed by atoms with E-state index in [0.29, 0.717) is 16.8 Å². The van der Waals surface area contributed by atoms with Crippen molar-refractivity contribution in [3.8, 4) is 0 Å². The number of aromatic nitrogens is 1. The highest BCUT2D eigenvalue weighted by atomic mass is 16.2. The van der Waals surface area contributed by atoms with Gasteiger partial charge in [-0.2, -0.15) is 0 Å². The van der Waals surface area contributed by atoms with Gasteiger partial charge >= 0.3 is 0 Å². The molecular weight excluding hydrogens is 276 g/mol. The summed E-state index contributed by atoms with van der Waals surface area (Å²) < 4.78 is 0. The van der Waals surface area contributed by atoms with Crippen LogP contribution in [-0.4, -0.2) is 16.8 Å². The first kappa shape index (κ1) is 12.8. The Balaban J connectivity index is 1.92. The minimum absolute atomic E-state index is 0.234. The largest absolute Gasteiger partial charge is 0.359 e. The van der Waals surface area contributed by atoms with Crippen molar-refractivity contribution in [1.82, 2.24) is 4.98 Å². The van der Waals surface area contributed by atoms with E-state index >= 15 is 0 Å². The van der Waals surface area contributed by atoms with E-state index in [2.05, 4.69) is 4.98 Å². The van der Waals surface area contributed by atoms with Gasteiger partial charge in [0.2, 0.25) is 0 Å². The summed E-state index contributed by atoms with van der Waals surface area (Å²) in [6.45, 7) is 1.99. The molecule has 0 saturated carbocycles. The van der Waals surface area contributed by atoms with Crippen molar-refractivity contribution in [2.24, 2.45) is 0 Å². The van der Waals surface area contributed by atoms with Gasteiger partial charge in [-0.05, 0) is 24.1 Å². The van der Waals surface area contributed by atoms with Crippen molar-refractivity contribution in [2.45, 2.75) is 13.3 Å². The molecule has 108 valence electrons. The van der Waals surface area contributed by atoms with Crippen molar-refractivity contribution in [3.05, 3.63) is 65.4 Å². The van der Waals surface area contributed by atoms with E-state index in [4.69, 9.17) is 0 Å². The maximum Gasteiger partial charge on any atom is 0.266 e. The molecule has 1 aromatic heterocycles. The van der Waals surface area contributed by atoms with Gasteiger partial charge in [0.15, 0.2) is 0 Å². The average Bonchev–Trinajstić information content (AvgIpc) is 3.07. The van der Waals surface area contributed by atoms with Crippen molar-refractivity contribution in [1.29, 1.82) is 0 Å². The second kappa shape index (κ2) is 4.56. The fraction of sp³-hybridized carbons (Fsp3) is 0.111. The number of para-hydroxylation sites is 1. The molecule has 1 aliphatic rings. The third-order valence-corrected chi connectivity index (χ3v) is 4.19. The molecule has 1 aliphatic heterocycles. The number of aryl methyl sites for hydroxylation is 1. The summed E-state index contributed by atoms with van der Waals surface area (Å²) in [5.41, 5.74) is 3.47. The summed E-state index contributed by atoms with van der Waals surface area (Å²) in [7, 11) is 0. The number of anilines is 1. The number of imide groups is 1. The number of carbonyl (C=O) groups excluding carboxylic acids is 2. The van der Waals surface area contributed by atoms with Crippen LogP contribution in [-0.2, 0) is 6.42 Å². The standard InChI is InChI=1S/C18H14N2O2/c1-2-11-6-5-8-13-16(11)18(22)20(17(13)21)15-10-19-14-9-4-3-7-12(14)15/h3-10,19H,2H2,1H3. The van der Waals surface area contributed by atoms with E-state index in [1.165, 1.54) is 4.90 Å². The summed E-state index contributed by atoms with van der Waals surface area (Å²) >= 11 is 0. The first-order valence-electron chi connectivity index (χ1n) is 7.29. The average molecular weight is 290 g/mol. The Morgan fingerprint density at radius 2 is 1.82 bits per heavy atom. The Morgan fingerprint density at radius 1 is 1.00 bits per heavy atom. The Bertz CT molecular complexity index is 924. The zero-order chi connectivity index (χ0) is 15.3. The first-order valence-corrected chi connectivity index (χ1v) is 7.29. The maximum atomic E-state index is 12.8. The lowest BCUT2D eigenvalue weighted by molar-refractivity contribution is 0.0926. The molecule has 0 radical (unpaired) electrons. The summed E-state index contributed by atoms with van der Waals surface area (Å²) in [6.07, 6.45) is 2.45. The van der Waals surface area contributed by atoms with Crippen molar-refractivity contribution in [3.63, 3.8) is 0 Å². The number of nitrogens with zero attached hydrogens (tertiary/aromatic N) is 1. The van der Waals surface area contributed by atoms with Gasteiger partial charge in [0.25, 0.3) is 11.8 Å². The van der Waals surface area contributed by atoms with E-state index in [0.717, 1.165) is 22.9 Å². The molecule has 0 saturated heterocycles. The Hall–Kier alpha value is -2.88. The van der Waals surface area contributed by atoms with E-state index in [1.807, 2.05) is 43.3 Å². The highest BCUT2D eigenvalue weighted by molar-refractivity contribution is 6.36. The molecule has 2 amide bonds. The second-order valence-electron chi connectivity index (χ2n) is 5.36. The molecule has 0 spiro atoms. The number of carbonyl (C=O) groups is 2. The number of rotatable bonds is 2. The van der Waals surface area contributed by atoms with E-state index in [-0.39, 0.29) is 11.8 Å². The highest BCUT2D eigenvalue weighted by Gasteiger charge is 2.38. The minimum Gasteiger partial charge on any atom is -0.359 e. The summed E-state index contributed by atoms with van der Waals surface area (Å²) in [5, 5.41) is 0.870. The van der Waals surface area contributed by atoms with Gasteiger partial charge in [0.1, 0.15) is 0 Å². The molecule has 4 nitrogen and oxygen atoms in total. The number of amides is 2. The van der Waals surface area contributed by atoms with Gasteiger partial charge in [-0.1, -0.05) is 37.3 Å². The van der Waals surface area contributed by atoms with Gasteiger partial charge in [-0.15, -0.1) is 0 Å². The third kappa shape index (κ3) is 1.58. The van der Waals surface area contributed by atoms with Crippen molar-refractivity contribution >= 4 is 28.4 Å². The van der Waals surface area contributed by atoms with Gasteiger partial charge in [-0.3, -0.25) is 9.59 Å². The van der Waals surface area contributed by atoms with Crippen LogP contribution in [0.2, 0.25) is 0 Å². The Labute approximate surface area is 127 Å². The van der Waals surface area contributed by atoms with Crippen LogP contribution in [0.4, 0.5) is 5.69 Å². The quantitative estimate of drug-likeness (QED) is 0.734. The van der Waals surface area contributed by atoms with Crippen molar-refractivity contribution in [2.75, 3.05) is 4.90 Å². The van der Waals surface area contributed by atoms with E-state index in [1.54, 1.807) is 12.3 Å². The van der Waals surface area contributed by atoms with Crippen LogP contribution >= 0.6 is 0 Å². The zero-order valence-corrected chi connectivity index (χ0v) is 12.1. The lowest BCUT2D eigenvalue weighted by Gasteiger charge is -2.12. The first-order chi connectivity index (χ1) is 10.7. The number of nitrogens with one attached hydrogen (secondary N) is 1. The van der Waals surface area contributed by atoms with Gasteiger partial charge in [-0.25, -0.2) is 4.90 Å².